The van der Waals surface area contributed by atoms with Crippen LogP contribution in [-0.4, -0.2) is 17.1 Å². The van der Waals surface area contributed by atoms with Crippen molar-refractivity contribution in [2.75, 3.05) is 12.4 Å². The van der Waals surface area contributed by atoms with Crippen LogP contribution in [0.3, 0.4) is 0 Å². The fourth-order valence-electron chi connectivity index (χ4n) is 1.95. The van der Waals surface area contributed by atoms with Crippen LogP contribution in [0.2, 0.25) is 5.28 Å². The molecule has 20 heavy (non-hydrogen) atoms. The molecule has 2 aromatic heterocycles. The molecule has 3 rings (SSSR count). The molecule has 0 aliphatic heterocycles. The summed E-state index contributed by atoms with van der Waals surface area (Å²) in [7, 11) is 1.64. The Morgan fingerprint density at radius 1 is 1.25 bits per heavy atom. The van der Waals surface area contributed by atoms with E-state index in [9.17, 15) is 0 Å². The Kier molecular flexibility index (Phi) is 3.46. The van der Waals surface area contributed by atoms with Gasteiger partial charge in [-0.15, -0.1) is 11.3 Å². The maximum absolute atomic E-state index is 5.98. The first-order valence-corrected chi connectivity index (χ1v) is 7.20. The Bertz CT molecular complexity index is 772. The van der Waals surface area contributed by atoms with Crippen molar-refractivity contribution in [2.24, 2.45) is 0 Å². The van der Waals surface area contributed by atoms with E-state index >= 15 is 0 Å². The largest absolute Gasteiger partial charge is 0.497 e. The van der Waals surface area contributed by atoms with Crippen molar-refractivity contribution < 1.29 is 4.74 Å². The number of rotatable bonds is 3. The number of nitrogens with zero attached hydrogens (tertiary/aromatic N) is 2. The minimum absolute atomic E-state index is 0.241. The van der Waals surface area contributed by atoms with Crippen LogP contribution in [0.4, 0.5) is 11.5 Å². The molecule has 0 aliphatic rings. The van der Waals surface area contributed by atoms with Gasteiger partial charge < -0.3 is 10.1 Å². The Balaban J connectivity index is 2.05. The van der Waals surface area contributed by atoms with Gasteiger partial charge in [-0.25, -0.2) is 4.98 Å². The first kappa shape index (κ1) is 13.1. The van der Waals surface area contributed by atoms with E-state index < -0.39 is 0 Å². The summed E-state index contributed by atoms with van der Waals surface area (Å²) in [5.74, 6) is 1.49. The molecule has 0 bridgehead atoms. The number of anilines is 2. The molecule has 0 radical (unpaired) electrons. The maximum atomic E-state index is 5.98. The van der Waals surface area contributed by atoms with Crippen molar-refractivity contribution in [2.45, 2.75) is 6.92 Å². The molecule has 3 aromatic rings. The predicted octanol–water partition coefficient (Wildman–Crippen LogP) is 4.41. The van der Waals surface area contributed by atoms with Crippen LogP contribution in [-0.2, 0) is 0 Å². The van der Waals surface area contributed by atoms with Gasteiger partial charge in [0.25, 0.3) is 0 Å². The van der Waals surface area contributed by atoms with Gasteiger partial charge in [0.1, 0.15) is 16.4 Å². The molecule has 1 N–H and O–H groups in total. The van der Waals surface area contributed by atoms with E-state index in [-0.39, 0.29) is 5.28 Å². The minimum Gasteiger partial charge on any atom is -0.497 e. The molecule has 0 amide bonds. The molecule has 6 heteroatoms. The lowest BCUT2D eigenvalue weighted by atomic mass is 10.3. The first-order valence-electron chi connectivity index (χ1n) is 6.00. The molecule has 2 heterocycles. The SMILES string of the molecule is COc1cccc(Nc2nc(Cl)nc3sc(C)cc23)c1. The summed E-state index contributed by atoms with van der Waals surface area (Å²) < 4.78 is 5.21. The highest BCUT2D eigenvalue weighted by Crippen LogP contribution is 2.31. The van der Waals surface area contributed by atoms with Crippen molar-refractivity contribution in [1.29, 1.82) is 0 Å². The van der Waals surface area contributed by atoms with Crippen molar-refractivity contribution in [3.63, 3.8) is 0 Å². The van der Waals surface area contributed by atoms with Gasteiger partial charge in [0.05, 0.1) is 12.5 Å². The highest BCUT2D eigenvalue weighted by molar-refractivity contribution is 7.18. The zero-order chi connectivity index (χ0) is 14.1. The van der Waals surface area contributed by atoms with Gasteiger partial charge in [0.2, 0.25) is 5.28 Å². The number of hydrogen-bond donors (Lipinski definition) is 1. The van der Waals surface area contributed by atoms with E-state index in [0.29, 0.717) is 5.82 Å². The predicted molar refractivity (Wildman–Crippen MR) is 83.4 cm³/mol. The molecule has 0 saturated carbocycles. The Morgan fingerprint density at radius 3 is 2.90 bits per heavy atom. The lowest BCUT2D eigenvalue weighted by Crippen LogP contribution is -1.96. The first-order chi connectivity index (χ1) is 9.65. The summed E-state index contributed by atoms with van der Waals surface area (Å²) >= 11 is 7.58. The summed E-state index contributed by atoms with van der Waals surface area (Å²) in [6.45, 7) is 2.04. The van der Waals surface area contributed by atoms with Crippen LogP contribution in [0.5, 0.6) is 5.75 Å². The number of halogens is 1. The smallest absolute Gasteiger partial charge is 0.225 e. The van der Waals surface area contributed by atoms with E-state index in [1.54, 1.807) is 18.4 Å². The Morgan fingerprint density at radius 2 is 2.10 bits per heavy atom. The van der Waals surface area contributed by atoms with Crippen LogP contribution >= 0.6 is 22.9 Å². The number of thiophene rings is 1. The molecule has 4 nitrogen and oxygen atoms in total. The zero-order valence-electron chi connectivity index (χ0n) is 11.0. The second-order valence-corrected chi connectivity index (χ2v) is 5.85. The van der Waals surface area contributed by atoms with Gasteiger partial charge >= 0.3 is 0 Å². The molecule has 0 spiro atoms. The average Bonchev–Trinajstić information content (AvgIpc) is 2.79. The van der Waals surface area contributed by atoms with Crippen molar-refractivity contribution in [1.82, 2.24) is 9.97 Å². The maximum Gasteiger partial charge on any atom is 0.225 e. The standard InChI is InChI=1S/C14H12ClN3OS/c1-8-6-11-12(17-14(15)18-13(11)20-8)16-9-4-3-5-10(7-9)19-2/h3-7H,1-2H3,(H,16,17,18). The summed E-state index contributed by atoms with van der Waals surface area (Å²) in [5.41, 5.74) is 0.893. The van der Waals surface area contributed by atoms with Gasteiger partial charge in [0, 0.05) is 16.6 Å². The third-order valence-corrected chi connectivity index (χ3v) is 3.93. The normalized spacial score (nSPS) is 10.8. The molecule has 1 aromatic carbocycles. The fraction of sp³-hybridized carbons (Fsp3) is 0.143. The van der Waals surface area contributed by atoms with Crippen molar-refractivity contribution >= 4 is 44.7 Å². The number of benzene rings is 1. The number of aryl methyl sites for hydroxylation is 1. The molecule has 0 atom stereocenters. The highest BCUT2D eigenvalue weighted by Gasteiger charge is 2.10. The summed E-state index contributed by atoms with van der Waals surface area (Å²) in [5, 5.41) is 4.48. The van der Waals surface area contributed by atoms with Gasteiger partial charge in [-0.3, -0.25) is 0 Å². The van der Waals surface area contributed by atoms with Crippen molar-refractivity contribution in [3.05, 3.63) is 40.5 Å². The lowest BCUT2D eigenvalue weighted by Gasteiger charge is -2.08. The second-order valence-electron chi connectivity index (χ2n) is 4.27. The molecule has 0 fully saturated rings. The van der Waals surface area contributed by atoms with E-state index in [4.69, 9.17) is 16.3 Å². The number of hydrogen-bond acceptors (Lipinski definition) is 5. The molecule has 0 unspecified atom stereocenters. The van der Waals surface area contributed by atoms with Crippen LogP contribution in [0.25, 0.3) is 10.2 Å². The van der Waals surface area contributed by atoms with Crippen molar-refractivity contribution in [3.8, 4) is 5.75 Å². The average molecular weight is 306 g/mol. The Labute approximate surface area is 125 Å². The van der Waals surface area contributed by atoms with Gasteiger partial charge in [-0.05, 0) is 36.7 Å². The summed E-state index contributed by atoms with van der Waals surface area (Å²) in [6, 6.07) is 9.71. The van der Waals surface area contributed by atoms with Crippen LogP contribution < -0.4 is 10.1 Å². The van der Waals surface area contributed by atoms with E-state index in [2.05, 4.69) is 21.4 Å². The Hall–Kier alpha value is -1.85. The minimum atomic E-state index is 0.241. The lowest BCUT2D eigenvalue weighted by molar-refractivity contribution is 0.415. The monoisotopic (exact) mass is 305 g/mol. The van der Waals surface area contributed by atoms with Crippen LogP contribution in [0.1, 0.15) is 4.88 Å². The highest BCUT2D eigenvalue weighted by atomic mass is 35.5. The molecular formula is C14H12ClN3OS. The number of methoxy groups -OCH3 is 1. The molecule has 0 aliphatic carbocycles. The van der Waals surface area contributed by atoms with Crippen LogP contribution in [0, 0.1) is 6.92 Å². The number of aromatic nitrogens is 2. The third kappa shape index (κ3) is 2.55. The number of ether oxygens (including phenoxy) is 1. The second kappa shape index (κ2) is 5.26. The fourth-order valence-corrected chi connectivity index (χ4v) is 3.05. The molecule has 0 saturated heterocycles. The summed E-state index contributed by atoms with van der Waals surface area (Å²) in [6.07, 6.45) is 0. The van der Waals surface area contributed by atoms with Crippen LogP contribution in [0.15, 0.2) is 30.3 Å². The molecular weight excluding hydrogens is 294 g/mol. The molecule has 102 valence electrons. The van der Waals surface area contributed by atoms with E-state index in [1.165, 1.54) is 4.88 Å². The van der Waals surface area contributed by atoms with E-state index in [1.807, 2.05) is 31.2 Å². The van der Waals surface area contributed by atoms with Gasteiger partial charge in [-0.1, -0.05) is 6.07 Å². The quantitative estimate of drug-likeness (QED) is 0.728. The topological polar surface area (TPSA) is 47.0 Å². The summed E-state index contributed by atoms with van der Waals surface area (Å²) in [4.78, 5) is 10.6. The van der Waals surface area contributed by atoms with Gasteiger partial charge in [-0.2, -0.15) is 4.98 Å². The van der Waals surface area contributed by atoms with E-state index in [0.717, 1.165) is 21.7 Å². The van der Waals surface area contributed by atoms with Gasteiger partial charge in [0.15, 0.2) is 0 Å². The third-order valence-electron chi connectivity index (χ3n) is 2.82. The number of fused-ring (bicyclic) bond motifs is 1. The zero-order valence-corrected chi connectivity index (χ0v) is 12.5. The number of nitrogens with one attached hydrogen (secondary N) is 1.